The zero-order valence-electron chi connectivity index (χ0n) is 10.3. The number of hydrogen-bond donors (Lipinski definition) is 0. The van der Waals surface area contributed by atoms with Gasteiger partial charge in [-0.3, -0.25) is 0 Å². The van der Waals surface area contributed by atoms with E-state index in [2.05, 4.69) is 0 Å². The Morgan fingerprint density at radius 2 is 2.11 bits per heavy atom. The van der Waals surface area contributed by atoms with Crippen molar-refractivity contribution in [2.75, 3.05) is 13.2 Å². The lowest BCUT2D eigenvalue weighted by atomic mass is 10.2. The third-order valence-electron chi connectivity index (χ3n) is 3.23. The van der Waals surface area contributed by atoms with Crippen molar-refractivity contribution in [1.29, 1.82) is 0 Å². The van der Waals surface area contributed by atoms with E-state index in [0.717, 1.165) is 0 Å². The van der Waals surface area contributed by atoms with Gasteiger partial charge in [0.25, 0.3) is 0 Å². The second-order valence-corrected chi connectivity index (χ2v) is 6.72. The van der Waals surface area contributed by atoms with Crippen LogP contribution in [0.15, 0.2) is 29.2 Å². The van der Waals surface area contributed by atoms with E-state index in [0.29, 0.717) is 18.2 Å². The summed E-state index contributed by atoms with van der Waals surface area (Å²) in [5, 5.41) is 0.421. The van der Waals surface area contributed by atoms with Gasteiger partial charge in [0.2, 0.25) is 10.0 Å². The van der Waals surface area contributed by atoms with E-state index in [1.54, 1.807) is 18.2 Å². The maximum Gasteiger partial charge on any atom is 0.243 e. The summed E-state index contributed by atoms with van der Waals surface area (Å²) in [5.74, 6) is 0. The molecule has 1 saturated heterocycles. The summed E-state index contributed by atoms with van der Waals surface area (Å²) in [7, 11) is -3.50. The summed E-state index contributed by atoms with van der Waals surface area (Å²) in [6.45, 7) is 4.53. The molecule has 100 valence electrons. The summed E-state index contributed by atoms with van der Waals surface area (Å²) in [4.78, 5) is 0.232. The highest BCUT2D eigenvalue weighted by atomic mass is 35.5. The number of sulfonamides is 1. The van der Waals surface area contributed by atoms with E-state index in [9.17, 15) is 8.42 Å². The van der Waals surface area contributed by atoms with Crippen LogP contribution in [-0.4, -0.2) is 38.0 Å². The Morgan fingerprint density at radius 3 is 2.78 bits per heavy atom. The number of halogens is 1. The van der Waals surface area contributed by atoms with E-state index in [1.165, 1.54) is 10.4 Å². The zero-order valence-corrected chi connectivity index (χ0v) is 11.9. The quantitative estimate of drug-likeness (QED) is 0.838. The second kappa shape index (κ2) is 5.17. The molecule has 1 aliphatic heterocycles. The maximum absolute atomic E-state index is 12.5. The highest BCUT2D eigenvalue weighted by molar-refractivity contribution is 7.89. The first kappa shape index (κ1) is 13.8. The van der Waals surface area contributed by atoms with Crippen LogP contribution < -0.4 is 0 Å². The molecule has 0 N–H and O–H groups in total. The van der Waals surface area contributed by atoms with Crippen molar-refractivity contribution in [1.82, 2.24) is 4.31 Å². The number of benzene rings is 1. The molecule has 0 bridgehead atoms. The molecule has 1 aliphatic rings. The molecule has 2 unspecified atom stereocenters. The summed E-state index contributed by atoms with van der Waals surface area (Å²) in [6, 6.07) is 6.16. The Hall–Kier alpha value is -0.620. The van der Waals surface area contributed by atoms with Crippen molar-refractivity contribution in [3.8, 4) is 0 Å². The van der Waals surface area contributed by atoms with Crippen LogP contribution in [0, 0.1) is 0 Å². The smallest absolute Gasteiger partial charge is 0.243 e. The first-order valence-electron chi connectivity index (χ1n) is 5.82. The summed E-state index contributed by atoms with van der Waals surface area (Å²) >= 11 is 5.85. The Kier molecular flexibility index (Phi) is 3.96. The van der Waals surface area contributed by atoms with Crippen molar-refractivity contribution in [3.05, 3.63) is 29.3 Å². The number of nitrogens with zero attached hydrogens (tertiary/aromatic N) is 1. The Bertz CT molecular complexity index is 532. The van der Waals surface area contributed by atoms with Crippen LogP contribution in [0.1, 0.15) is 13.8 Å². The highest BCUT2D eigenvalue weighted by Crippen LogP contribution is 2.24. The van der Waals surface area contributed by atoms with Crippen molar-refractivity contribution in [2.24, 2.45) is 0 Å². The minimum atomic E-state index is -3.50. The molecule has 0 spiro atoms. The molecule has 0 saturated carbocycles. The van der Waals surface area contributed by atoms with E-state index in [4.69, 9.17) is 16.3 Å². The van der Waals surface area contributed by atoms with Crippen LogP contribution in [0.5, 0.6) is 0 Å². The van der Waals surface area contributed by atoms with Gasteiger partial charge >= 0.3 is 0 Å². The number of ether oxygens (including phenoxy) is 1. The summed E-state index contributed by atoms with van der Waals surface area (Å²) in [6.07, 6.45) is -0.104. The van der Waals surface area contributed by atoms with Crippen LogP contribution in [0.25, 0.3) is 0 Å². The molecule has 0 aliphatic carbocycles. The van der Waals surface area contributed by atoms with Crippen molar-refractivity contribution >= 4 is 21.6 Å². The molecule has 1 aromatic rings. The Morgan fingerprint density at radius 1 is 1.39 bits per heavy atom. The fourth-order valence-electron chi connectivity index (χ4n) is 2.01. The standard InChI is InChI=1S/C12H16ClNO3S/c1-9-10(2)17-7-6-14(9)18(15,16)12-5-3-4-11(13)8-12/h3-5,8-10H,6-7H2,1-2H3. The molecule has 4 nitrogen and oxygen atoms in total. The first-order valence-corrected chi connectivity index (χ1v) is 7.64. The van der Waals surface area contributed by atoms with Gasteiger partial charge in [0.05, 0.1) is 17.6 Å². The Balaban J connectivity index is 2.36. The molecule has 0 aromatic heterocycles. The van der Waals surface area contributed by atoms with E-state index < -0.39 is 10.0 Å². The van der Waals surface area contributed by atoms with Crippen LogP contribution in [0.2, 0.25) is 5.02 Å². The molecule has 6 heteroatoms. The maximum atomic E-state index is 12.5. The summed E-state index contributed by atoms with van der Waals surface area (Å²) < 4.78 is 31.9. The van der Waals surface area contributed by atoms with Crippen LogP contribution in [0.3, 0.4) is 0 Å². The molecule has 1 aromatic carbocycles. The van der Waals surface area contributed by atoms with Crippen LogP contribution >= 0.6 is 11.6 Å². The van der Waals surface area contributed by atoms with Gasteiger partial charge in [0.15, 0.2) is 0 Å². The lowest BCUT2D eigenvalue weighted by Crippen LogP contribution is -2.51. The third kappa shape index (κ3) is 2.54. The third-order valence-corrected chi connectivity index (χ3v) is 5.45. The fraction of sp³-hybridized carbons (Fsp3) is 0.500. The number of morpholine rings is 1. The van der Waals surface area contributed by atoms with Crippen LogP contribution in [0.4, 0.5) is 0 Å². The van der Waals surface area contributed by atoms with Gasteiger partial charge in [-0.1, -0.05) is 17.7 Å². The largest absolute Gasteiger partial charge is 0.375 e. The Labute approximate surface area is 113 Å². The number of rotatable bonds is 2. The van der Waals surface area contributed by atoms with Gasteiger partial charge in [-0.15, -0.1) is 0 Å². The molecular formula is C12H16ClNO3S. The molecule has 1 heterocycles. The predicted molar refractivity (Wildman–Crippen MR) is 70.2 cm³/mol. The minimum absolute atomic E-state index is 0.104. The highest BCUT2D eigenvalue weighted by Gasteiger charge is 2.35. The van der Waals surface area contributed by atoms with Gasteiger partial charge < -0.3 is 4.74 Å². The minimum Gasteiger partial charge on any atom is -0.375 e. The second-order valence-electron chi connectivity index (χ2n) is 4.39. The fourth-order valence-corrected chi connectivity index (χ4v) is 3.98. The molecule has 0 radical (unpaired) electrons. The van der Waals surface area contributed by atoms with E-state index in [-0.39, 0.29) is 17.0 Å². The monoisotopic (exact) mass is 289 g/mol. The average molecular weight is 290 g/mol. The summed E-state index contributed by atoms with van der Waals surface area (Å²) in [5.41, 5.74) is 0. The van der Waals surface area contributed by atoms with E-state index >= 15 is 0 Å². The SMILES string of the molecule is CC1OCCN(S(=O)(=O)c2cccc(Cl)c2)C1C. The topological polar surface area (TPSA) is 46.6 Å². The van der Waals surface area contributed by atoms with Gasteiger partial charge in [-0.25, -0.2) is 8.42 Å². The number of hydrogen-bond acceptors (Lipinski definition) is 3. The molecule has 0 amide bonds. The van der Waals surface area contributed by atoms with Gasteiger partial charge in [0, 0.05) is 17.6 Å². The van der Waals surface area contributed by atoms with E-state index in [1.807, 2.05) is 13.8 Å². The molecule has 2 rings (SSSR count). The first-order chi connectivity index (χ1) is 8.43. The lowest BCUT2D eigenvalue weighted by molar-refractivity contribution is -0.0232. The van der Waals surface area contributed by atoms with Crippen molar-refractivity contribution in [2.45, 2.75) is 30.9 Å². The van der Waals surface area contributed by atoms with Gasteiger partial charge in [0.1, 0.15) is 0 Å². The molecular weight excluding hydrogens is 274 g/mol. The van der Waals surface area contributed by atoms with Gasteiger partial charge in [-0.05, 0) is 32.0 Å². The average Bonchev–Trinajstić information content (AvgIpc) is 2.32. The molecule has 18 heavy (non-hydrogen) atoms. The van der Waals surface area contributed by atoms with Crippen LogP contribution in [-0.2, 0) is 14.8 Å². The zero-order chi connectivity index (χ0) is 13.3. The lowest BCUT2D eigenvalue weighted by Gasteiger charge is -2.36. The van der Waals surface area contributed by atoms with Crippen molar-refractivity contribution < 1.29 is 13.2 Å². The molecule has 2 atom stereocenters. The predicted octanol–water partition coefficient (Wildman–Crippen LogP) is 2.14. The normalized spacial score (nSPS) is 26.2. The molecule has 1 fully saturated rings. The van der Waals surface area contributed by atoms with Crippen molar-refractivity contribution in [3.63, 3.8) is 0 Å². The van der Waals surface area contributed by atoms with Gasteiger partial charge in [-0.2, -0.15) is 4.31 Å².